The molecule has 1 aromatic carbocycles. The Morgan fingerprint density at radius 2 is 2.11 bits per heavy atom. The summed E-state index contributed by atoms with van der Waals surface area (Å²) in [5.41, 5.74) is 1.45. The van der Waals surface area contributed by atoms with E-state index in [9.17, 15) is 9.59 Å². The highest BCUT2D eigenvalue weighted by atomic mass is 16.5. The van der Waals surface area contributed by atoms with Crippen molar-refractivity contribution >= 4 is 17.6 Å². The number of hydrogen-bond donors (Lipinski definition) is 2. The number of aryl methyl sites for hydroxylation is 1. The number of hydrogen-bond acceptors (Lipinski definition) is 3. The minimum atomic E-state index is -1.02. The second-order valence-electron chi connectivity index (χ2n) is 4.41. The summed E-state index contributed by atoms with van der Waals surface area (Å²) in [5, 5.41) is 11.6. The van der Waals surface area contributed by atoms with Crippen LogP contribution < -0.4 is 5.32 Å². The fraction of sp³-hybridized carbons (Fsp3) is 0.429. The molecule has 1 aromatic rings. The fourth-order valence-corrected chi connectivity index (χ4v) is 1.41. The van der Waals surface area contributed by atoms with Crippen molar-refractivity contribution in [2.75, 3.05) is 11.9 Å². The van der Waals surface area contributed by atoms with Crippen molar-refractivity contribution in [1.29, 1.82) is 0 Å². The number of carbonyl (C=O) groups excluding carboxylic acids is 1. The van der Waals surface area contributed by atoms with Crippen molar-refractivity contribution in [3.8, 4) is 0 Å². The van der Waals surface area contributed by atoms with E-state index in [1.165, 1.54) is 12.1 Å². The second kappa shape index (κ2) is 6.89. The number of carboxylic acids is 1. The lowest BCUT2D eigenvalue weighted by atomic mass is 10.1. The van der Waals surface area contributed by atoms with Gasteiger partial charge in [0.1, 0.15) is 6.61 Å². The highest BCUT2D eigenvalue weighted by molar-refractivity contribution is 5.95. The Bertz CT molecular complexity index is 471. The Morgan fingerprint density at radius 3 is 2.68 bits per heavy atom. The molecule has 0 spiro atoms. The Balaban J connectivity index is 2.68. The lowest BCUT2D eigenvalue weighted by molar-refractivity contribution is -0.122. The summed E-state index contributed by atoms with van der Waals surface area (Å²) >= 11 is 0. The van der Waals surface area contributed by atoms with Gasteiger partial charge in [-0.1, -0.05) is 13.0 Å². The summed E-state index contributed by atoms with van der Waals surface area (Å²) in [6.07, 6.45) is 0.859. The quantitative estimate of drug-likeness (QED) is 0.828. The molecule has 0 saturated carbocycles. The van der Waals surface area contributed by atoms with Gasteiger partial charge in [-0.3, -0.25) is 4.79 Å². The molecule has 5 heteroatoms. The summed E-state index contributed by atoms with van der Waals surface area (Å²) in [7, 11) is 0. The first-order valence-electron chi connectivity index (χ1n) is 6.19. The van der Waals surface area contributed by atoms with Gasteiger partial charge in [0, 0.05) is 5.69 Å². The largest absolute Gasteiger partial charge is 0.478 e. The Kier molecular flexibility index (Phi) is 5.51. The maximum Gasteiger partial charge on any atom is 0.335 e. The molecule has 0 heterocycles. The van der Waals surface area contributed by atoms with E-state index >= 15 is 0 Å². The number of carbonyl (C=O) groups is 2. The van der Waals surface area contributed by atoms with E-state index in [1.54, 1.807) is 13.0 Å². The smallest absolute Gasteiger partial charge is 0.335 e. The van der Waals surface area contributed by atoms with Crippen molar-refractivity contribution in [3.63, 3.8) is 0 Å². The van der Waals surface area contributed by atoms with Crippen molar-refractivity contribution in [2.45, 2.75) is 33.3 Å². The molecule has 1 unspecified atom stereocenters. The summed E-state index contributed by atoms with van der Waals surface area (Å²) < 4.78 is 5.31. The van der Waals surface area contributed by atoms with Crippen LogP contribution >= 0.6 is 0 Å². The van der Waals surface area contributed by atoms with Crippen molar-refractivity contribution in [2.24, 2.45) is 0 Å². The molecule has 1 atom stereocenters. The van der Waals surface area contributed by atoms with E-state index in [0.717, 1.165) is 12.0 Å². The Labute approximate surface area is 112 Å². The molecule has 0 aromatic heterocycles. The van der Waals surface area contributed by atoms with Crippen LogP contribution in [0, 0.1) is 6.92 Å². The van der Waals surface area contributed by atoms with Gasteiger partial charge in [0.15, 0.2) is 0 Å². The summed E-state index contributed by atoms with van der Waals surface area (Å²) in [6, 6.07) is 4.61. The molecule has 0 fully saturated rings. The van der Waals surface area contributed by atoms with Crippen LogP contribution in [-0.4, -0.2) is 29.7 Å². The Hall–Kier alpha value is -1.88. The van der Waals surface area contributed by atoms with Gasteiger partial charge in [0.05, 0.1) is 11.7 Å². The normalized spacial score (nSPS) is 11.9. The number of rotatable bonds is 6. The number of nitrogens with one attached hydrogen (secondary N) is 1. The predicted octanol–water partition coefficient (Wildman–Crippen LogP) is 2.45. The third-order valence-corrected chi connectivity index (χ3v) is 2.83. The maximum absolute atomic E-state index is 11.7. The zero-order valence-electron chi connectivity index (χ0n) is 11.4. The van der Waals surface area contributed by atoms with Crippen LogP contribution in [0.2, 0.25) is 0 Å². The minimum absolute atomic E-state index is 0.0252. The standard InChI is InChI=1S/C14H19NO4/c1-4-10(3)19-8-13(16)15-12-7-11(14(17)18)6-5-9(12)2/h5-7,10H,4,8H2,1-3H3,(H,15,16)(H,17,18). The molecule has 5 nitrogen and oxygen atoms in total. The van der Waals surface area contributed by atoms with Crippen molar-refractivity contribution in [3.05, 3.63) is 29.3 Å². The number of anilines is 1. The van der Waals surface area contributed by atoms with Gasteiger partial charge < -0.3 is 15.2 Å². The van der Waals surface area contributed by atoms with Crippen molar-refractivity contribution < 1.29 is 19.4 Å². The van der Waals surface area contributed by atoms with Crippen LogP contribution in [-0.2, 0) is 9.53 Å². The minimum Gasteiger partial charge on any atom is -0.478 e. The molecular weight excluding hydrogens is 246 g/mol. The lowest BCUT2D eigenvalue weighted by Crippen LogP contribution is -2.22. The molecule has 2 N–H and O–H groups in total. The highest BCUT2D eigenvalue weighted by Gasteiger charge is 2.10. The van der Waals surface area contributed by atoms with E-state index in [2.05, 4.69) is 5.32 Å². The summed E-state index contributed by atoms with van der Waals surface area (Å²) in [5.74, 6) is -1.31. The number of carboxylic acid groups (broad SMARTS) is 1. The average Bonchev–Trinajstić information content (AvgIpc) is 2.38. The van der Waals surface area contributed by atoms with Gasteiger partial charge in [-0.25, -0.2) is 4.79 Å². The molecule has 19 heavy (non-hydrogen) atoms. The molecule has 0 saturated heterocycles. The predicted molar refractivity (Wildman–Crippen MR) is 72.5 cm³/mol. The third kappa shape index (κ3) is 4.71. The number of aromatic carboxylic acids is 1. The topological polar surface area (TPSA) is 75.6 Å². The van der Waals surface area contributed by atoms with E-state index in [0.29, 0.717) is 5.69 Å². The van der Waals surface area contributed by atoms with E-state index < -0.39 is 5.97 Å². The monoisotopic (exact) mass is 265 g/mol. The van der Waals surface area contributed by atoms with Gasteiger partial charge in [0.2, 0.25) is 5.91 Å². The highest BCUT2D eigenvalue weighted by Crippen LogP contribution is 2.17. The molecule has 0 radical (unpaired) electrons. The first kappa shape index (κ1) is 15.2. The molecule has 104 valence electrons. The molecule has 0 aliphatic rings. The molecule has 1 rings (SSSR count). The number of ether oxygens (including phenoxy) is 1. The fourth-order valence-electron chi connectivity index (χ4n) is 1.41. The van der Waals surface area contributed by atoms with Gasteiger partial charge in [-0.15, -0.1) is 0 Å². The van der Waals surface area contributed by atoms with E-state index in [-0.39, 0.29) is 24.2 Å². The molecule has 0 bridgehead atoms. The van der Waals surface area contributed by atoms with Crippen LogP contribution in [0.4, 0.5) is 5.69 Å². The zero-order chi connectivity index (χ0) is 14.4. The zero-order valence-corrected chi connectivity index (χ0v) is 11.4. The molecular formula is C14H19NO4. The SMILES string of the molecule is CCC(C)OCC(=O)Nc1cc(C(=O)O)ccc1C. The number of benzene rings is 1. The maximum atomic E-state index is 11.7. The molecule has 0 aliphatic carbocycles. The molecule has 1 amide bonds. The summed E-state index contributed by atoms with van der Waals surface area (Å²) in [6.45, 7) is 5.63. The van der Waals surface area contributed by atoms with E-state index in [4.69, 9.17) is 9.84 Å². The van der Waals surface area contributed by atoms with Gasteiger partial charge in [-0.05, 0) is 38.0 Å². The first-order chi connectivity index (χ1) is 8.93. The first-order valence-corrected chi connectivity index (χ1v) is 6.19. The van der Waals surface area contributed by atoms with Crippen LogP contribution in [0.3, 0.4) is 0 Å². The van der Waals surface area contributed by atoms with Crippen molar-refractivity contribution in [1.82, 2.24) is 0 Å². The lowest BCUT2D eigenvalue weighted by Gasteiger charge is -2.12. The van der Waals surface area contributed by atoms with Crippen LogP contribution in [0.15, 0.2) is 18.2 Å². The molecule has 0 aliphatic heterocycles. The van der Waals surface area contributed by atoms with Crippen LogP contribution in [0.25, 0.3) is 0 Å². The van der Waals surface area contributed by atoms with Crippen LogP contribution in [0.1, 0.15) is 36.2 Å². The average molecular weight is 265 g/mol. The van der Waals surface area contributed by atoms with Gasteiger partial charge in [-0.2, -0.15) is 0 Å². The summed E-state index contributed by atoms with van der Waals surface area (Å²) in [4.78, 5) is 22.5. The van der Waals surface area contributed by atoms with Crippen LogP contribution in [0.5, 0.6) is 0 Å². The Morgan fingerprint density at radius 1 is 1.42 bits per heavy atom. The third-order valence-electron chi connectivity index (χ3n) is 2.83. The van der Waals surface area contributed by atoms with Gasteiger partial charge >= 0.3 is 5.97 Å². The number of amides is 1. The second-order valence-corrected chi connectivity index (χ2v) is 4.41. The van der Waals surface area contributed by atoms with Gasteiger partial charge in [0.25, 0.3) is 0 Å². The van der Waals surface area contributed by atoms with E-state index in [1.807, 2.05) is 13.8 Å².